The normalized spacial score (nSPS) is 11.7. The van der Waals surface area contributed by atoms with Gasteiger partial charge in [-0.2, -0.15) is 10.5 Å². The maximum atomic E-state index is 9.80. The third-order valence-electron chi connectivity index (χ3n) is 7.32. The van der Waals surface area contributed by atoms with E-state index in [0.29, 0.717) is 11.0 Å². The summed E-state index contributed by atoms with van der Waals surface area (Å²) in [6.45, 7) is 0. The lowest BCUT2D eigenvalue weighted by atomic mass is 9.89. The van der Waals surface area contributed by atoms with Crippen molar-refractivity contribution >= 4 is 85.6 Å². The van der Waals surface area contributed by atoms with Crippen LogP contribution in [-0.4, -0.2) is 9.97 Å². The lowest BCUT2D eigenvalue weighted by molar-refractivity contribution is 1.21. The van der Waals surface area contributed by atoms with E-state index < -0.39 is 0 Å². The second-order valence-electron chi connectivity index (χ2n) is 9.17. The molecule has 4 nitrogen and oxygen atoms in total. The van der Waals surface area contributed by atoms with Gasteiger partial charge in [0.25, 0.3) is 0 Å². The van der Waals surface area contributed by atoms with Gasteiger partial charge >= 0.3 is 0 Å². The molecule has 0 amide bonds. The second kappa shape index (κ2) is 7.21. The van der Waals surface area contributed by atoms with E-state index in [1.165, 1.54) is 20.9 Å². The van der Waals surface area contributed by atoms with Gasteiger partial charge in [0.05, 0.1) is 11.0 Å². The summed E-state index contributed by atoms with van der Waals surface area (Å²) in [4.78, 5) is 9.53. The molecule has 0 atom stereocenters. The first-order valence-electron chi connectivity index (χ1n) is 11.9. The minimum absolute atomic E-state index is 0.0517. The van der Waals surface area contributed by atoms with Crippen LogP contribution in [0.1, 0.15) is 11.4 Å². The predicted molar refractivity (Wildman–Crippen MR) is 152 cm³/mol. The molecule has 0 aliphatic rings. The van der Waals surface area contributed by atoms with Gasteiger partial charge in [0.2, 0.25) is 0 Å². The summed E-state index contributed by atoms with van der Waals surface area (Å²) in [7, 11) is 0. The van der Waals surface area contributed by atoms with E-state index in [0.717, 1.165) is 42.4 Å². The summed E-state index contributed by atoms with van der Waals surface area (Å²) < 4.78 is 2.39. The van der Waals surface area contributed by atoms with Gasteiger partial charge in [-0.05, 0) is 45.1 Å². The van der Waals surface area contributed by atoms with Crippen LogP contribution in [0.3, 0.4) is 0 Å². The summed E-state index contributed by atoms with van der Waals surface area (Å²) in [6.07, 6.45) is 0. The van der Waals surface area contributed by atoms with Gasteiger partial charge in [-0.25, -0.2) is 9.97 Å². The minimum Gasteiger partial charge on any atom is -0.232 e. The maximum absolute atomic E-state index is 9.80. The van der Waals surface area contributed by atoms with Gasteiger partial charge in [-0.15, -0.1) is 11.3 Å². The minimum atomic E-state index is 0.0517. The highest BCUT2D eigenvalue weighted by molar-refractivity contribution is 7.25. The molecule has 0 bridgehead atoms. The number of nitriles is 2. The average Bonchev–Trinajstić information content (AvgIpc) is 3.32. The number of nitrogens with zero attached hydrogens (tertiary/aromatic N) is 4. The average molecular weight is 487 g/mol. The fourth-order valence-electron chi connectivity index (χ4n) is 5.79. The molecule has 5 heteroatoms. The number of rotatable bonds is 0. The molecule has 168 valence electrons. The Morgan fingerprint density at radius 2 is 1.05 bits per heavy atom. The predicted octanol–water partition coefficient (Wildman–Crippen LogP) is 8.35. The third kappa shape index (κ3) is 2.59. The zero-order valence-electron chi connectivity index (χ0n) is 19.3. The Balaban J connectivity index is 1.78. The highest BCUT2D eigenvalue weighted by Gasteiger charge is 2.21. The van der Waals surface area contributed by atoms with Crippen molar-refractivity contribution in [2.45, 2.75) is 0 Å². The molecule has 0 aliphatic heterocycles. The molecule has 0 saturated heterocycles. The van der Waals surface area contributed by atoms with Crippen molar-refractivity contribution in [2.75, 3.05) is 0 Å². The maximum Gasteiger partial charge on any atom is 0.177 e. The first kappa shape index (κ1) is 20.1. The SMILES string of the molecule is N#Cc1nc2c3cc4sc5ccccc5c4cc3c3c4ccccc4c4ccccc4c3c2nc1C#N. The van der Waals surface area contributed by atoms with Crippen LogP contribution < -0.4 is 0 Å². The smallest absolute Gasteiger partial charge is 0.177 e. The molecular weight excluding hydrogens is 472 g/mol. The molecule has 6 aromatic carbocycles. The Morgan fingerprint density at radius 1 is 0.486 bits per heavy atom. The molecule has 0 aliphatic carbocycles. The number of hydrogen-bond acceptors (Lipinski definition) is 5. The Hall–Kier alpha value is -5.10. The van der Waals surface area contributed by atoms with Gasteiger partial charge in [-0.1, -0.05) is 66.7 Å². The second-order valence-corrected chi connectivity index (χ2v) is 10.3. The third-order valence-corrected chi connectivity index (χ3v) is 8.45. The van der Waals surface area contributed by atoms with Crippen molar-refractivity contribution in [1.82, 2.24) is 9.97 Å². The topological polar surface area (TPSA) is 73.4 Å². The van der Waals surface area contributed by atoms with Gasteiger partial charge in [-0.3, -0.25) is 0 Å². The van der Waals surface area contributed by atoms with Crippen LogP contribution in [0.2, 0.25) is 0 Å². The fourth-order valence-corrected chi connectivity index (χ4v) is 6.92. The van der Waals surface area contributed by atoms with Crippen LogP contribution in [0.15, 0.2) is 84.9 Å². The van der Waals surface area contributed by atoms with Crippen LogP contribution in [0, 0.1) is 22.7 Å². The first-order chi connectivity index (χ1) is 18.3. The number of fused-ring (bicyclic) bond motifs is 14. The quantitative estimate of drug-likeness (QED) is 0.202. The fraction of sp³-hybridized carbons (Fsp3) is 0. The number of aromatic nitrogens is 2. The molecule has 0 N–H and O–H groups in total. The largest absolute Gasteiger partial charge is 0.232 e. The zero-order valence-corrected chi connectivity index (χ0v) is 20.1. The summed E-state index contributed by atoms with van der Waals surface area (Å²) in [5.41, 5.74) is 1.41. The molecule has 8 aromatic rings. The summed E-state index contributed by atoms with van der Waals surface area (Å²) in [5.74, 6) is 0. The molecule has 0 saturated carbocycles. The Bertz CT molecular complexity index is 2390. The van der Waals surface area contributed by atoms with E-state index in [-0.39, 0.29) is 11.4 Å². The number of hydrogen-bond donors (Lipinski definition) is 0. The van der Waals surface area contributed by atoms with Gasteiger partial charge in [0, 0.05) is 36.3 Å². The van der Waals surface area contributed by atoms with E-state index in [4.69, 9.17) is 9.97 Å². The summed E-state index contributed by atoms with van der Waals surface area (Å²) >= 11 is 1.75. The Kier molecular flexibility index (Phi) is 3.92. The molecule has 0 unspecified atom stereocenters. The van der Waals surface area contributed by atoms with Crippen molar-refractivity contribution in [1.29, 1.82) is 10.5 Å². The Morgan fingerprint density at radius 3 is 1.73 bits per heavy atom. The first-order valence-corrected chi connectivity index (χ1v) is 12.7. The van der Waals surface area contributed by atoms with Crippen molar-refractivity contribution in [3.05, 3.63) is 96.3 Å². The summed E-state index contributed by atoms with van der Waals surface area (Å²) in [6, 6.07) is 33.9. The van der Waals surface area contributed by atoms with Gasteiger partial charge in [0.1, 0.15) is 12.1 Å². The highest BCUT2D eigenvalue weighted by Crippen LogP contribution is 2.45. The summed E-state index contributed by atoms with van der Waals surface area (Å²) in [5, 5.41) is 30.6. The van der Waals surface area contributed by atoms with Gasteiger partial charge < -0.3 is 0 Å². The van der Waals surface area contributed by atoms with Gasteiger partial charge in [0.15, 0.2) is 11.4 Å². The molecule has 0 spiro atoms. The van der Waals surface area contributed by atoms with Crippen LogP contribution in [-0.2, 0) is 0 Å². The van der Waals surface area contributed by atoms with Crippen LogP contribution >= 0.6 is 11.3 Å². The van der Waals surface area contributed by atoms with Crippen molar-refractivity contribution in [2.24, 2.45) is 0 Å². The lowest BCUT2D eigenvalue weighted by Gasteiger charge is -2.16. The standard InChI is InChI=1S/C32H14N4S/c33-15-25-26(16-34)36-32-30-21-11-4-2-8-18(21)17-7-1-3-10-20(17)29(30)23-13-22-19-9-5-6-12-27(19)37-28(22)14-24(23)31(32)35-25/h1-14H. The molecule has 2 aromatic heterocycles. The van der Waals surface area contributed by atoms with Crippen molar-refractivity contribution < 1.29 is 0 Å². The highest BCUT2D eigenvalue weighted by atomic mass is 32.1. The molecule has 37 heavy (non-hydrogen) atoms. The molecular formula is C32H14N4S. The van der Waals surface area contributed by atoms with Crippen molar-refractivity contribution in [3.63, 3.8) is 0 Å². The van der Waals surface area contributed by atoms with Crippen LogP contribution in [0.5, 0.6) is 0 Å². The zero-order chi connectivity index (χ0) is 24.7. The molecule has 2 heterocycles. The number of thiophene rings is 1. The molecule has 8 rings (SSSR count). The van der Waals surface area contributed by atoms with E-state index >= 15 is 0 Å². The van der Waals surface area contributed by atoms with E-state index in [2.05, 4.69) is 84.9 Å². The Labute approximate surface area is 214 Å². The van der Waals surface area contributed by atoms with E-state index in [1.54, 1.807) is 11.3 Å². The van der Waals surface area contributed by atoms with Crippen molar-refractivity contribution in [3.8, 4) is 12.1 Å². The van der Waals surface area contributed by atoms with E-state index in [1.807, 2.05) is 12.1 Å². The molecule has 0 fully saturated rings. The van der Waals surface area contributed by atoms with Crippen LogP contribution in [0.4, 0.5) is 0 Å². The monoisotopic (exact) mass is 486 g/mol. The number of benzene rings is 6. The van der Waals surface area contributed by atoms with E-state index in [9.17, 15) is 10.5 Å². The molecule has 0 radical (unpaired) electrons. The van der Waals surface area contributed by atoms with Crippen LogP contribution in [0.25, 0.3) is 74.3 Å². The lowest BCUT2D eigenvalue weighted by Crippen LogP contribution is -1.98.